The quantitative estimate of drug-likeness (QED) is 0.726. The minimum absolute atomic E-state index is 0.113. The van der Waals surface area contributed by atoms with Gasteiger partial charge in [-0.2, -0.15) is 10.1 Å². The highest BCUT2D eigenvalue weighted by Gasteiger charge is 2.28. The van der Waals surface area contributed by atoms with Gasteiger partial charge in [0.1, 0.15) is 0 Å². The fraction of sp³-hybridized carbons (Fsp3) is 0.619. The molecule has 0 aliphatic carbocycles. The normalized spacial score (nSPS) is 18.8. The Bertz CT molecular complexity index is 1030. The minimum atomic E-state index is -0.178. The van der Waals surface area contributed by atoms with Gasteiger partial charge in [0.15, 0.2) is 11.5 Å². The van der Waals surface area contributed by atoms with Gasteiger partial charge in [-0.1, -0.05) is 19.0 Å². The Kier molecular flexibility index (Phi) is 4.94. The van der Waals surface area contributed by atoms with Crippen LogP contribution in [-0.4, -0.2) is 56.5 Å². The zero-order chi connectivity index (χ0) is 20.9. The smallest absolute Gasteiger partial charge is 0.258 e. The molecule has 0 aromatic carbocycles. The van der Waals surface area contributed by atoms with Crippen LogP contribution >= 0.6 is 0 Å². The zero-order valence-corrected chi connectivity index (χ0v) is 18.4. The Morgan fingerprint density at radius 2 is 2.00 bits per heavy atom. The SMILES string of the molecule is Cc1nn(C(C)(C)C)c2nc(C(C)C)cc(-c3nc(C4CNCCN4C)no3)c12. The molecule has 3 aromatic heterocycles. The van der Waals surface area contributed by atoms with Crippen LogP contribution in [0, 0.1) is 6.92 Å². The number of aromatic nitrogens is 5. The van der Waals surface area contributed by atoms with Crippen LogP contribution in [0.2, 0.25) is 0 Å². The third-order valence-corrected chi connectivity index (χ3v) is 5.54. The highest BCUT2D eigenvalue weighted by molar-refractivity contribution is 5.93. The van der Waals surface area contributed by atoms with E-state index in [9.17, 15) is 0 Å². The number of fused-ring (bicyclic) bond motifs is 1. The lowest BCUT2D eigenvalue weighted by atomic mass is 10.0. The Balaban J connectivity index is 1.88. The first-order valence-corrected chi connectivity index (χ1v) is 10.3. The molecule has 0 saturated carbocycles. The van der Waals surface area contributed by atoms with Crippen LogP contribution in [0.25, 0.3) is 22.5 Å². The second kappa shape index (κ2) is 7.18. The highest BCUT2D eigenvalue weighted by atomic mass is 16.5. The third kappa shape index (κ3) is 3.55. The van der Waals surface area contributed by atoms with Crippen molar-refractivity contribution >= 4 is 11.0 Å². The van der Waals surface area contributed by atoms with E-state index < -0.39 is 0 Å². The predicted molar refractivity (Wildman–Crippen MR) is 113 cm³/mol. The van der Waals surface area contributed by atoms with Crippen LogP contribution in [-0.2, 0) is 5.54 Å². The number of piperazine rings is 1. The van der Waals surface area contributed by atoms with E-state index in [1.165, 1.54) is 0 Å². The zero-order valence-electron chi connectivity index (χ0n) is 18.4. The maximum absolute atomic E-state index is 5.76. The van der Waals surface area contributed by atoms with Crippen LogP contribution in [0.4, 0.5) is 0 Å². The molecule has 156 valence electrons. The summed E-state index contributed by atoms with van der Waals surface area (Å²) in [6.07, 6.45) is 0. The minimum Gasteiger partial charge on any atom is -0.334 e. The number of hydrogen-bond acceptors (Lipinski definition) is 7. The van der Waals surface area contributed by atoms with Crippen molar-refractivity contribution in [2.75, 3.05) is 26.7 Å². The van der Waals surface area contributed by atoms with Gasteiger partial charge in [-0.25, -0.2) is 9.67 Å². The summed E-state index contributed by atoms with van der Waals surface area (Å²) in [5.41, 5.74) is 3.52. The molecule has 0 amide bonds. The van der Waals surface area contributed by atoms with E-state index in [-0.39, 0.29) is 17.5 Å². The van der Waals surface area contributed by atoms with Crippen molar-refractivity contribution in [3.05, 3.63) is 23.3 Å². The van der Waals surface area contributed by atoms with Gasteiger partial charge in [0.05, 0.1) is 28.2 Å². The lowest BCUT2D eigenvalue weighted by molar-refractivity contribution is 0.190. The van der Waals surface area contributed by atoms with Crippen LogP contribution in [0.1, 0.15) is 63.8 Å². The molecule has 8 nitrogen and oxygen atoms in total. The lowest BCUT2D eigenvalue weighted by Gasteiger charge is -2.30. The Hall–Kier alpha value is -2.32. The van der Waals surface area contributed by atoms with Crippen LogP contribution in [0.5, 0.6) is 0 Å². The van der Waals surface area contributed by atoms with E-state index in [4.69, 9.17) is 19.6 Å². The molecule has 1 atom stereocenters. The van der Waals surface area contributed by atoms with Gasteiger partial charge in [-0.05, 0) is 46.7 Å². The first kappa shape index (κ1) is 20.0. The van der Waals surface area contributed by atoms with Gasteiger partial charge in [0.2, 0.25) is 0 Å². The number of aryl methyl sites for hydroxylation is 1. The Morgan fingerprint density at radius 1 is 1.24 bits per heavy atom. The van der Waals surface area contributed by atoms with E-state index in [1.54, 1.807) is 0 Å². The van der Waals surface area contributed by atoms with E-state index in [2.05, 4.69) is 63.1 Å². The van der Waals surface area contributed by atoms with Crippen molar-refractivity contribution in [2.45, 2.75) is 59.0 Å². The van der Waals surface area contributed by atoms with Gasteiger partial charge in [-0.15, -0.1) is 0 Å². The topological polar surface area (TPSA) is 84.9 Å². The fourth-order valence-corrected chi connectivity index (χ4v) is 3.81. The van der Waals surface area contributed by atoms with Crippen molar-refractivity contribution in [1.82, 2.24) is 35.1 Å². The summed E-state index contributed by atoms with van der Waals surface area (Å²) in [6, 6.07) is 2.19. The molecule has 3 aromatic rings. The van der Waals surface area contributed by atoms with E-state index in [1.807, 2.05) is 11.6 Å². The highest BCUT2D eigenvalue weighted by Crippen LogP contribution is 2.34. The summed E-state index contributed by atoms with van der Waals surface area (Å²) in [4.78, 5) is 12.0. The van der Waals surface area contributed by atoms with Crippen molar-refractivity contribution in [3.63, 3.8) is 0 Å². The molecule has 8 heteroatoms. The molecule has 0 bridgehead atoms. The monoisotopic (exact) mass is 397 g/mol. The molecule has 1 aliphatic rings. The number of pyridine rings is 1. The largest absolute Gasteiger partial charge is 0.334 e. The molecule has 0 radical (unpaired) electrons. The molecule has 4 rings (SSSR count). The van der Waals surface area contributed by atoms with Crippen LogP contribution < -0.4 is 5.32 Å². The molecule has 1 aliphatic heterocycles. The third-order valence-electron chi connectivity index (χ3n) is 5.54. The van der Waals surface area contributed by atoms with E-state index in [0.717, 1.165) is 47.6 Å². The summed E-state index contributed by atoms with van der Waals surface area (Å²) >= 11 is 0. The number of nitrogens with one attached hydrogen (secondary N) is 1. The summed E-state index contributed by atoms with van der Waals surface area (Å²) in [7, 11) is 2.10. The maximum Gasteiger partial charge on any atom is 0.258 e. The molecule has 0 spiro atoms. The van der Waals surface area contributed by atoms with Crippen molar-refractivity contribution in [2.24, 2.45) is 0 Å². The fourth-order valence-electron chi connectivity index (χ4n) is 3.81. The maximum atomic E-state index is 5.76. The molecule has 1 fully saturated rings. The Morgan fingerprint density at radius 3 is 2.66 bits per heavy atom. The van der Waals surface area contributed by atoms with Gasteiger partial charge in [-0.3, -0.25) is 4.90 Å². The van der Waals surface area contributed by atoms with Crippen LogP contribution in [0.3, 0.4) is 0 Å². The second-order valence-electron chi connectivity index (χ2n) is 9.27. The molecular weight excluding hydrogens is 366 g/mol. The second-order valence-corrected chi connectivity index (χ2v) is 9.27. The van der Waals surface area contributed by atoms with Crippen molar-refractivity contribution < 1.29 is 4.52 Å². The molecule has 4 heterocycles. The van der Waals surface area contributed by atoms with Gasteiger partial charge >= 0.3 is 0 Å². The average Bonchev–Trinajstić information content (AvgIpc) is 3.26. The predicted octanol–water partition coefficient (Wildman–Crippen LogP) is 3.24. The molecule has 1 N–H and O–H groups in total. The Labute approximate surface area is 171 Å². The van der Waals surface area contributed by atoms with Crippen LogP contribution in [0.15, 0.2) is 10.6 Å². The first-order valence-electron chi connectivity index (χ1n) is 10.3. The summed E-state index contributed by atoms with van der Waals surface area (Å²) in [6.45, 7) is 15.5. The molecule has 29 heavy (non-hydrogen) atoms. The van der Waals surface area contributed by atoms with E-state index >= 15 is 0 Å². The molecular formula is C21H31N7O. The summed E-state index contributed by atoms with van der Waals surface area (Å²) < 4.78 is 7.77. The first-order chi connectivity index (χ1) is 13.7. The number of hydrogen-bond donors (Lipinski definition) is 1. The lowest BCUT2D eigenvalue weighted by Crippen LogP contribution is -2.44. The molecule has 1 saturated heterocycles. The number of rotatable bonds is 3. The summed E-state index contributed by atoms with van der Waals surface area (Å²) in [5.74, 6) is 1.52. The molecule has 1 unspecified atom stereocenters. The van der Waals surface area contributed by atoms with Gasteiger partial charge in [0.25, 0.3) is 5.89 Å². The van der Waals surface area contributed by atoms with E-state index in [0.29, 0.717) is 11.7 Å². The van der Waals surface area contributed by atoms with Gasteiger partial charge < -0.3 is 9.84 Å². The van der Waals surface area contributed by atoms with Crippen molar-refractivity contribution in [1.29, 1.82) is 0 Å². The standard InChI is InChI=1S/C21H31N7O/c1-12(2)15-10-14(17-13(3)25-28(19(17)23-15)21(4,5)6)20-24-18(26-29-20)16-11-22-8-9-27(16)7/h10,12,16,22H,8-9,11H2,1-7H3. The summed E-state index contributed by atoms with van der Waals surface area (Å²) in [5, 5.41) is 13.5. The van der Waals surface area contributed by atoms with Gasteiger partial charge in [0, 0.05) is 25.3 Å². The number of likely N-dealkylation sites (N-methyl/N-ethyl adjacent to an activating group) is 1. The average molecular weight is 398 g/mol. The number of nitrogens with zero attached hydrogens (tertiary/aromatic N) is 6. The van der Waals surface area contributed by atoms with Crippen molar-refractivity contribution in [3.8, 4) is 11.5 Å².